The number of unbranched alkanes of at least 4 members (excludes halogenated alkanes) is 3. The minimum Gasteiger partial charge on any atom is -0.465 e. The fraction of sp³-hybridized carbons (Fsp3) is 0.698. The molecule has 1 amide bonds. The lowest BCUT2D eigenvalue weighted by Gasteiger charge is -2.28. The molecule has 1 fully saturated rings. The van der Waals surface area contributed by atoms with Gasteiger partial charge in [0.15, 0.2) is 11.5 Å². The summed E-state index contributed by atoms with van der Waals surface area (Å²) in [5.41, 5.74) is 2.03. The Bertz CT molecular complexity index is 1710. The Morgan fingerprint density at radius 2 is 1.55 bits per heavy atom. The number of H-pyrrole nitrogens is 1. The van der Waals surface area contributed by atoms with E-state index in [0.29, 0.717) is 55.8 Å². The van der Waals surface area contributed by atoms with Gasteiger partial charge in [0.25, 0.3) is 0 Å². The van der Waals surface area contributed by atoms with Crippen molar-refractivity contribution in [3.63, 3.8) is 0 Å². The van der Waals surface area contributed by atoms with Crippen LogP contribution in [0.1, 0.15) is 101 Å². The Kier molecular flexibility index (Phi) is 21.2. The van der Waals surface area contributed by atoms with Crippen LogP contribution in [0.4, 0.5) is 5.82 Å². The number of carbonyl (C=O) groups excluding carboxylic acids is 2. The standard InChI is InChI=1S/C43H71N9O6/c1-6-10-30-58-42-46-39(44-37(53)20-12-11-13-21-49(9-4)23-15-22-48(7-2)8-3)38-40(47-42)52(43(55)45-38)27-17-26-51(25-16-24-50-28-31-57-32-29-50)34-35-18-14-19-36(33-35)41(54)56-5/h14,18-19,33H,6-13,15-17,20-32,34H2,1-5H3,(H,45,55)(H,44,46,47,53). The number of carbonyl (C=O) groups is 2. The number of rotatable bonds is 29. The molecule has 2 N–H and O–H groups in total. The van der Waals surface area contributed by atoms with Gasteiger partial charge in [-0.3, -0.25) is 19.2 Å². The van der Waals surface area contributed by atoms with E-state index in [9.17, 15) is 14.4 Å². The fourth-order valence-electron chi connectivity index (χ4n) is 7.40. The van der Waals surface area contributed by atoms with Crippen LogP contribution >= 0.6 is 0 Å². The minimum absolute atomic E-state index is 0.139. The molecular formula is C43H71N9O6. The number of hydrogen-bond acceptors (Lipinski definition) is 12. The van der Waals surface area contributed by atoms with E-state index in [0.717, 1.165) is 123 Å². The van der Waals surface area contributed by atoms with Gasteiger partial charge in [-0.25, -0.2) is 9.59 Å². The third-order valence-corrected chi connectivity index (χ3v) is 10.9. The summed E-state index contributed by atoms with van der Waals surface area (Å²) < 4.78 is 18.0. The number of nitrogens with zero attached hydrogens (tertiary/aromatic N) is 7. The number of aromatic amines is 1. The molecule has 2 aromatic heterocycles. The zero-order valence-electron chi connectivity index (χ0n) is 36.1. The van der Waals surface area contributed by atoms with Crippen LogP contribution in [0.15, 0.2) is 29.1 Å². The van der Waals surface area contributed by atoms with E-state index in [-0.39, 0.29) is 29.4 Å². The molecule has 1 saturated heterocycles. The summed E-state index contributed by atoms with van der Waals surface area (Å²) in [6, 6.07) is 7.69. The Morgan fingerprint density at radius 3 is 2.28 bits per heavy atom. The van der Waals surface area contributed by atoms with Gasteiger partial charge in [-0.1, -0.05) is 52.7 Å². The predicted molar refractivity (Wildman–Crippen MR) is 230 cm³/mol. The van der Waals surface area contributed by atoms with Crippen molar-refractivity contribution in [2.45, 2.75) is 98.6 Å². The van der Waals surface area contributed by atoms with Gasteiger partial charge in [0.05, 0.1) is 32.5 Å². The number of imidazole rings is 1. The van der Waals surface area contributed by atoms with E-state index in [1.165, 1.54) is 13.5 Å². The van der Waals surface area contributed by atoms with Gasteiger partial charge in [0.2, 0.25) is 5.91 Å². The van der Waals surface area contributed by atoms with Gasteiger partial charge >= 0.3 is 17.7 Å². The zero-order valence-corrected chi connectivity index (χ0v) is 36.1. The van der Waals surface area contributed by atoms with E-state index >= 15 is 0 Å². The Balaban J connectivity index is 1.38. The second kappa shape index (κ2) is 26.3. The number of amides is 1. The molecule has 0 bridgehead atoms. The predicted octanol–water partition coefficient (Wildman–Crippen LogP) is 5.25. The third-order valence-electron chi connectivity index (χ3n) is 10.9. The second-order valence-electron chi connectivity index (χ2n) is 15.1. The number of fused-ring (bicyclic) bond motifs is 1. The Hall–Kier alpha value is -3.89. The smallest absolute Gasteiger partial charge is 0.337 e. The number of methoxy groups -OCH3 is 1. The molecule has 1 aliphatic rings. The maximum Gasteiger partial charge on any atom is 0.337 e. The van der Waals surface area contributed by atoms with Crippen LogP contribution in [-0.2, 0) is 27.4 Å². The van der Waals surface area contributed by atoms with E-state index < -0.39 is 0 Å². The van der Waals surface area contributed by atoms with Crippen molar-refractivity contribution in [3.05, 3.63) is 45.9 Å². The molecule has 3 aromatic rings. The molecule has 0 unspecified atom stereocenters. The van der Waals surface area contributed by atoms with Crippen molar-refractivity contribution in [2.75, 3.05) is 104 Å². The van der Waals surface area contributed by atoms with Crippen molar-refractivity contribution in [1.82, 2.24) is 39.1 Å². The molecule has 4 rings (SSSR count). The second-order valence-corrected chi connectivity index (χ2v) is 15.1. The average Bonchev–Trinajstić information content (AvgIpc) is 3.56. The van der Waals surface area contributed by atoms with Gasteiger partial charge in [-0.15, -0.1) is 0 Å². The Morgan fingerprint density at radius 1 is 0.845 bits per heavy atom. The van der Waals surface area contributed by atoms with Crippen LogP contribution in [0.2, 0.25) is 0 Å². The zero-order chi connectivity index (χ0) is 41.5. The largest absolute Gasteiger partial charge is 0.465 e. The first kappa shape index (κ1) is 46.8. The number of morpholine rings is 1. The third kappa shape index (κ3) is 15.7. The topological polar surface area (TPSA) is 150 Å². The number of aryl methyl sites for hydroxylation is 1. The highest BCUT2D eigenvalue weighted by atomic mass is 16.5. The van der Waals surface area contributed by atoms with Gasteiger partial charge in [-0.05, 0) is 109 Å². The molecule has 3 heterocycles. The first-order chi connectivity index (χ1) is 28.3. The van der Waals surface area contributed by atoms with Crippen molar-refractivity contribution >= 4 is 28.9 Å². The van der Waals surface area contributed by atoms with Crippen LogP contribution in [-0.4, -0.2) is 150 Å². The molecule has 58 heavy (non-hydrogen) atoms. The van der Waals surface area contributed by atoms with Gasteiger partial charge < -0.3 is 34.3 Å². The van der Waals surface area contributed by atoms with Crippen molar-refractivity contribution in [3.8, 4) is 6.01 Å². The molecule has 324 valence electrons. The lowest BCUT2D eigenvalue weighted by Crippen LogP contribution is -2.38. The maximum absolute atomic E-state index is 13.5. The molecule has 15 heteroatoms. The fourth-order valence-corrected chi connectivity index (χ4v) is 7.40. The summed E-state index contributed by atoms with van der Waals surface area (Å²) in [7, 11) is 1.39. The van der Waals surface area contributed by atoms with Crippen LogP contribution in [0.3, 0.4) is 0 Å². The van der Waals surface area contributed by atoms with E-state index in [2.05, 4.69) is 67.6 Å². The normalized spacial score (nSPS) is 13.6. The quantitative estimate of drug-likeness (QED) is 0.0697. The number of anilines is 1. The highest BCUT2D eigenvalue weighted by Crippen LogP contribution is 2.22. The number of ether oxygens (including phenoxy) is 3. The minimum atomic E-state index is -0.360. The first-order valence-corrected chi connectivity index (χ1v) is 21.9. The van der Waals surface area contributed by atoms with E-state index in [1.54, 1.807) is 10.6 Å². The molecule has 1 aromatic carbocycles. The Labute approximate surface area is 345 Å². The molecular weight excluding hydrogens is 739 g/mol. The summed E-state index contributed by atoms with van der Waals surface area (Å²) in [6.45, 7) is 22.6. The van der Waals surface area contributed by atoms with Gasteiger partial charge in [0, 0.05) is 39.1 Å². The molecule has 1 aliphatic heterocycles. The molecule has 0 saturated carbocycles. The molecule has 0 spiro atoms. The lowest BCUT2D eigenvalue weighted by molar-refractivity contribution is -0.116. The number of hydrogen-bond donors (Lipinski definition) is 2. The average molecular weight is 810 g/mol. The van der Waals surface area contributed by atoms with Crippen LogP contribution in [0, 0.1) is 0 Å². The molecule has 0 aliphatic carbocycles. The number of aromatic nitrogens is 4. The van der Waals surface area contributed by atoms with Crippen LogP contribution in [0.5, 0.6) is 6.01 Å². The summed E-state index contributed by atoms with van der Waals surface area (Å²) in [6.07, 6.45) is 7.73. The van der Waals surface area contributed by atoms with E-state index in [1.807, 2.05) is 18.2 Å². The van der Waals surface area contributed by atoms with Crippen LogP contribution < -0.4 is 15.7 Å². The number of benzene rings is 1. The van der Waals surface area contributed by atoms with Crippen molar-refractivity contribution < 1.29 is 23.8 Å². The highest BCUT2D eigenvalue weighted by Gasteiger charge is 2.19. The number of nitrogens with one attached hydrogen (secondary N) is 2. The maximum atomic E-state index is 13.5. The van der Waals surface area contributed by atoms with Crippen molar-refractivity contribution in [2.24, 2.45) is 0 Å². The van der Waals surface area contributed by atoms with Gasteiger partial charge in [0.1, 0.15) is 5.52 Å². The highest BCUT2D eigenvalue weighted by molar-refractivity contribution is 5.97. The van der Waals surface area contributed by atoms with Crippen molar-refractivity contribution in [1.29, 1.82) is 0 Å². The SMILES string of the molecule is CCCCOc1nc(NC(=O)CCCCCN(CC)CCCN(CC)CC)c2[nH]c(=O)n(CCCN(CCCN3CCOCC3)Cc3cccc(C(=O)OC)c3)c2n1. The van der Waals surface area contributed by atoms with E-state index in [4.69, 9.17) is 14.2 Å². The molecule has 0 atom stereocenters. The molecule has 15 nitrogen and oxygen atoms in total. The lowest BCUT2D eigenvalue weighted by atomic mass is 10.1. The van der Waals surface area contributed by atoms with Gasteiger partial charge in [-0.2, -0.15) is 9.97 Å². The number of esters is 1. The monoisotopic (exact) mass is 810 g/mol. The molecule has 0 radical (unpaired) electrons. The first-order valence-electron chi connectivity index (χ1n) is 21.9. The van der Waals surface area contributed by atoms with Crippen LogP contribution in [0.25, 0.3) is 11.2 Å². The summed E-state index contributed by atoms with van der Waals surface area (Å²) in [5, 5.41) is 2.96. The summed E-state index contributed by atoms with van der Waals surface area (Å²) in [4.78, 5) is 60.8. The summed E-state index contributed by atoms with van der Waals surface area (Å²) in [5.74, 6) is -0.247. The summed E-state index contributed by atoms with van der Waals surface area (Å²) >= 11 is 0.